The second-order valence-electron chi connectivity index (χ2n) is 5.27. The van der Waals surface area contributed by atoms with E-state index in [2.05, 4.69) is 16.6 Å². The molecule has 1 aliphatic carbocycles. The van der Waals surface area contributed by atoms with Crippen molar-refractivity contribution in [1.82, 2.24) is 5.32 Å². The molecule has 19 heavy (non-hydrogen) atoms. The fourth-order valence-corrected chi connectivity index (χ4v) is 1.60. The molecule has 0 unspecified atom stereocenters. The number of alkyl carbamates (subject to hydrolysis) is 1. The maximum absolute atomic E-state index is 13.2. The van der Waals surface area contributed by atoms with E-state index in [1.54, 1.807) is 20.8 Å². The predicted molar refractivity (Wildman–Crippen MR) is 62.8 cm³/mol. The molecule has 0 saturated heterocycles. The molecule has 108 valence electrons. The number of alkyl halides is 2. The first kappa shape index (κ1) is 15.4. The SMILES string of the molecule is C=C1[C@@H]([C@@H](NC(=O)OC(C)(C)C)C(=O)OC)C1(F)F. The summed E-state index contributed by atoms with van der Waals surface area (Å²) < 4.78 is 35.8. The number of esters is 1. The van der Waals surface area contributed by atoms with Gasteiger partial charge in [-0.2, -0.15) is 0 Å². The Morgan fingerprint density at radius 2 is 1.89 bits per heavy atom. The molecule has 5 nitrogen and oxygen atoms in total. The lowest BCUT2D eigenvalue weighted by Crippen LogP contribution is -2.46. The van der Waals surface area contributed by atoms with Gasteiger partial charge in [-0.1, -0.05) is 6.58 Å². The van der Waals surface area contributed by atoms with Crippen molar-refractivity contribution in [3.8, 4) is 0 Å². The molecule has 0 spiro atoms. The topological polar surface area (TPSA) is 64.6 Å². The third-order valence-electron chi connectivity index (χ3n) is 2.57. The van der Waals surface area contributed by atoms with Gasteiger partial charge in [-0.3, -0.25) is 0 Å². The number of ether oxygens (including phenoxy) is 2. The van der Waals surface area contributed by atoms with E-state index in [0.29, 0.717) is 0 Å². The molecule has 0 aromatic rings. The molecule has 0 heterocycles. The molecule has 1 amide bonds. The number of hydrogen-bond acceptors (Lipinski definition) is 4. The Labute approximate surface area is 109 Å². The van der Waals surface area contributed by atoms with Gasteiger partial charge in [-0.05, 0) is 20.8 Å². The Hall–Kier alpha value is -1.66. The van der Waals surface area contributed by atoms with Crippen LogP contribution in [0.1, 0.15) is 20.8 Å². The molecular formula is C12H17F2NO4. The van der Waals surface area contributed by atoms with Crippen molar-refractivity contribution < 1.29 is 27.8 Å². The Balaban J connectivity index is 2.76. The van der Waals surface area contributed by atoms with Crippen molar-refractivity contribution in [3.05, 3.63) is 12.2 Å². The number of methoxy groups -OCH3 is 1. The summed E-state index contributed by atoms with van der Waals surface area (Å²) in [5.41, 5.74) is -1.20. The van der Waals surface area contributed by atoms with E-state index in [1.165, 1.54) is 0 Å². The molecule has 1 fully saturated rings. The van der Waals surface area contributed by atoms with Crippen molar-refractivity contribution in [1.29, 1.82) is 0 Å². The highest BCUT2D eigenvalue weighted by Gasteiger charge is 2.67. The largest absolute Gasteiger partial charge is 0.467 e. The first-order valence-electron chi connectivity index (χ1n) is 5.65. The van der Waals surface area contributed by atoms with Gasteiger partial charge in [0.1, 0.15) is 11.6 Å². The molecule has 1 saturated carbocycles. The summed E-state index contributed by atoms with van der Waals surface area (Å²) in [5, 5.41) is 2.10. The van der Waals surface area contributed by atoms with Crippen LogP contribution >= 0.6 is 0 Å². The minimum Gasteiger partial charge on any atom is -0.467 e. The number of halogens is 2. The maximum atomic E-state index is 13.2. The zero-order valence-corrected chi connectivity index (χ0v) is 11.3. The van der Waals surface area contributed by atoms with Crippen LogP contribution in [-0.2, 0) is 14.3 Å². The van der Waals surface area contributed by atoms with E-state index in [-0.39, 0.29) is 0 Å². The summed E-state index contributed by atoms with van der Waals surface area (Å²) >= 11 is 0. The minimum absolute atomic E-state index is 0.404. The number of hydrogen-bond donors (Lipinski definition) is 1. The van der Waals surface area contributed by atoms with Crippen molar-refractivity contribution in [3.63, 3.8) is 0 Å². The van der Waals surface area contributed by atoms with E-state index in [0.717, 1.165) is 7.11 Å². The van der Waals surface area contributed by atoms with E-state index in [1.807, 2.05) is 0 Å². The number of amides is 1. The average Bonchev–Trinajstić information content (AvgIpc) is 2.71. The molecule has 0 bridgehead atoms. The second-order valence-corrected chi connectivity index (χ2v) is 5.27. The van der Waals surface area contributed by atoms with Crippen LogP contribution in [0.25, 0.3) is 0 Å². The third-order valence-corrected chi connectivity index (χ3v) is 2.57. The van der Waals surface area contributed by atoms with Crippen molar-refractivity contribution in [2.24, 2.45) is 5.92 Å². The van der Waals surface area contributed by atoms with Crippen LogP contribution in [0.4, 0.5) is 13.6 Å². The first-order valence-corrected chi connectivity index (χ1v) is 5.65. The molecule has 1 rings (SSSR count). The van der Waals surface area contributed by atoms with Gasteiger partial charge in [0.2, 0.25) is 0 Å². The van der Waals surface area contributed by atoms with Gasteiger partial charge >= 0.3 is 12.1 Å². The minimum atomic E-state index is -3.17. The fraction of sp³-hybridized carbons (Fsp3) is 0.667. The first-order chi connectivity index (χ1) is 8.50. The lowest BCUT2D eigenvalue weighted by Gasteiger charge is -2.22. The Morgan fingerprint density at radius 3 is 2.21 bits per heavy atom. The molecule has 0 aliphatic heterocycles. The Morgan fingerprint density at radius 1 is 1.42 bits per heavy atom. The van der Waals surface area contributed by atoms with Gasteiger partial charge in [0.05, 0.1) is 13.0 Å². The standard InChI is InChI=1S/C12H17F2NO4/c1-6-7(12(6,13)14)8(9(16)18-5)15-10(17)19-11(2,3)4/h7-8H,1H2,2-5H3,(H,15,17)/t7-,8+/m0/s1. The lowest BCUT2D eigenvalue weighted by molar-refractivity contribution is -0.144. The average molecular weight is 277 g/mol. The third kappa shape index (κ3) is 3.42. The van der Waals surface area contributed by atoms with Gasteiger partial charge in [-0.15, -0.1) is 0 Å². The van der Waals surface area contributed by atoms with Gasteiger partial charge < -0.3 is 14.8 Å². The highest BCUT2D eigenvalue weighted by atomic mass is 19.3. The van der Waals surface area contributed by atoms with Gasteiger partial charge in [0.15, 0.2) is 0 Å². The zero-order chi connectivity index (χ0) is 15.0. The normalized spacial score (nSPS) is 22.4. The molecular weight excluding hydrogens is 260 g/mol. The molecule has 0 aromatic heterocycles. The molecule has 0 radical (unpaired) electrons. The quantitative estimate of drug-likeness (QED) is 0.632. The summed E-state index contributed by atoms with van der Waals surface area (Å²) in [6.07, 6.45) is -0.960. The molecule has 0 aromatic carbocycles. The number of carbonyl (C=O) groups excluding carboxylic acids is 2. The lowest BCUT2D eigenvalue weighted by atomic mass is 10.1. The van der Waals surface area contributed by atoms with Crippen molar-refractivity contribution >= 4 is 12.1 Å². The number of nitrogens with one attached hydrogen (secondary N) is 1. The van der Waals surface area contributed by atoms with Crippen LogP contribution < -0.4 is 5.32 Å². The molecule has 1 aliphatic rings. The van der Waals surface area contributed by atoms with Crippen LogP contribution in [0.3, 0.4) is 0 Å². The van der Waals surface area contributed by atoms with Gasteiger partial charge in [0.25, 0.3) is 5.92 Å². The maximum Gasteiger partial charge on any atom is 0.408 e. The van der Waals surface area contributed by atoms with Crippen LogP contribution in [-0.4, -0.2) is 36.7 Å². The monoisotopic (exact) mass is 277 g/mol. The van der Waals surface area contributed by atoms with E-state index in [9.17, 15) is 18.4 Å². The van der Waals surface area contributed by atoms with E-state index in [4.69, 9.17) is 4.74 Å². The number of carbonyl (C=O) groups is 2. The Bertz CT molecular complexity index is 414. The Kier molecular flexibility index (Phi) is 3.88. The molecule has 1 N–H and O–H groups in total. The van der Waals surface area contributed by atoms with E-state index >= 15 is 0 Å². The summed E-state index contributed by atoms with van der Waals surface area (Å²) in [4.78, 5) is 23.0. The van der Waals surface area contributed by atoms with Crippen LogP contribution in [0.2, 0.25) is 0 Å². The zero-order valence-electron chi connectivity index (χ0n) is 11.3. The van der Waals surface area contributed by atoms with Gasteiger partial charge in [0, 0.05) is 5.57 Å². The van der Waals surface area contributed by atoms with Gasteiger partial charge in [-0.25, -0.2) is 18.4 Å². The van der Waals surface area contributed by atoms with Crippen molar-refractivity contribution in [2.75, 3.05) is 7.11 Å². The van der Waals surface area contributed by atoms with Crippen LogP contribution in [0.15, 0.2) is 12.2 Å². The smallest absolute Gasteiger partial charge is 0.408 e. The summed E-state index contributed by atoms with van der Waals surface area (Å²) in [6.45, 7) is 8.02. The number of rotatable bonds is 3. The fourth-order valence-electron chi connectivity index (χ4n) is 1.60. The highest BCUT2D eigenvalue weighted by Crippen LogP contribution is 2.55. The van der Waals surface area contributed by atoms with E-state index < -0.39 is 41.1 Å². The van der Waals surface area contributed by atoms with Crippen molar-refractivity contribution in [2.45, 2.75) is 38.3 Å². The molecule has 7 heteroatoms. The molecule has 2 atom stereocenters. The summed E-state index contributed by atoms with van der Waals surface area (Å²) in [7, 11) is 1.05. The van der Waals surface area contributed by atoms with Crippen LogP contribution in [0, 0.1) is 5.92 Å². The highest BCUT2D eigenvalue weighted by molar-refractivity contribution is 5.83. The van der Waals surface area contributed by atoms with Crippen LogP contribution in [0.5, 0.6) is 0 Å². The summed E-state index contributed by atoms with van der Waals surface area (Å²) in [6, 6.07) is -1.50. The second kappa shape index (κ2) is 4.79. The summed E-state index contributed by atoms with van der Waals surface area (Å²) in [5.74, 6) is -5.59. The predicted octanol–water partition coefficient (Wildman–Crippen LogP) is 1.87.